The first kappa shape index (κ1) is 16.5. The van der Waals surface area contributed by atoms with Gasteiger partial charge in [0.15, 0.2) is 5.82 Å². The highest BCUT2D eigenvalue weighted by Crippen LogP contribution is 2.25. The van der Waals surface area contributed by atoms with E-state index in [1.807, 2.05) is 50.2 Å². The van der Waals surface area contributed by atoms with Crippen molar-refractivity contribution in [3.63, 3.8) is 0 Å². The molecule has 132 valence electrons. The van der Waals surface area contributed by atoms with E-state index in [0.717, 1.165) is 53.4 Å². The molecule has 0 bridgehead atoms. The Morgan fingerprint density at radius 1 is 1.04 bits per heavy atom. The van der Waals surface area contributed by atoms with Gasteiger partial charge in [0.25, 0.3) is 5.91 Å². The first-order valence-electron chi connectivity index (χ1n) is 9.02. The van der Waals surface area contributed by atoms with Gasteiger partial charge < -0.3 is 9.88 Å². The second kappa shape index (κ2) is 6.75. The molecule has 5 heteroatoms. The highest BCUT2D eigenvalue weighted by Gasteiger charge is 2.17. The van der Waals surface area contributed by atoms with E-state index in [0.29, 0.717) is 5.56 Å². The Balaban J connectivity index is 1.60. The number of hydrogen-bond donors (Lipinski definition) is 1. The molecule has 3 aromatic rings. The van der Waals surface area contributed by atoms with Crippen LogP contribution in [0.25, 0.3) is 11.4 Å². The molecule has 1 N–H and O–H groups in total. The summed E-state index contributed by atoms with van der Waals surface area (Å²) < 4.78 is 2.19. The largest absolute Gasteiger partial charge is 0.322 e. The summed E-state index contributed by atoms with van der Waals surface area (Å²) in [7, 11) is 0. The number of hydrogen-bond acceptors (Lipinski definition) is 3. The average molecular weight is 346 g/mol. The SMILES string of the molecule is Cc1cc(C)cc(C(=O)Nc2cccc(-c3nnc4n3CCCC4)c2)c1. The van der Waals surface area contributed by atoms with Gasteiger partial charge in [-0.2, -0.15) is 0 Å². The van der Waals surface area contributed by atoms with Crippen LogP contribution in [-0.4, -0.2) is 20.7 Å². The fraction of sp³-hybridized carbons (Fsp3) is 0.286. The number of nitrogens with one attached hydrogen (secondary N) is 1. The van der Waals surface area contributed by atoms with Crippen LogP contribution in [0.1, 0.15) is 40.2 Å². The topological polar surface area (TPSA) is 59.8 Å². The molecule has 0 radical (unpaired) electrons. The minimum atomic E-state index is -0.0998. The number of benzene rings is 2. The van der Waals surface area contributed by atoms with E-state index in [-0.39, 0.29) is 5.91 Å². The second-order valence-corrected chi connectivity index (χ2v) is 6.96. The molecule has 0 fully saturated rings. The zero-order chi connectivity index (χ0) is 18.1. The predicted octanol–water partition coefficient (Wildman–Crippen LogP) is 4.15. The Hall–Kier alpha value is -2.95. The van der Waals surface area contributed by atoms with Crippen LogP contribution in [-0.2, 0) is 13.0 Å². The number of anilines is 1. The van der Waals surface area contributed by atoms with Crippen LogP contribution in [0.15, 0.2) is 42.5 Å². The van der Waals surface area contributed by atoms with Crippen LogP contribution >= 0.6 is 0 Å². The Kier molecular flexibility index (Phi) is 4.29. The van der Waals surface area contributed by atoms with Crippen molar-refractivity contribution in [1.29, 1.82) is 0 Å². The summed E-state index contributed by atoms with van der Waals surface area (Å²) in [5, 5.41) is 11.7. The quantitative estimate of drug-likeness (QED) is 0.775. The summed E-state index contributed by atoms with van der Waals surface area (Å²) in [6, 6.07) is 13.7. The molecular formula is C21H22N4O. The maximum atomic E-state index is 12.6. The second-order valence-electron chi connectivity index (χ2n) is 6.96. The number of carbonyl (C=O) groups excluding carboxylic acids is 1. The molecule has 0 unspecified atom stereocenters. The van der Waals surface area contributed by atoms with Crippen molar-refractivity contribution in [3.8, 4) is 11.4 Å². The molecule has 2 aromatic carbocycles. The predicted molar refractivity (Wildman–Crippen MR) is 102 cm³/mol. The summed E-state index contributed by atoms with van der Waals surface area (Å²) in [6.45, 7) is 4.95. The molecule has 1 amide bonds. The Morgan fingerprint density at radius 3 is 2.65 bits per heavy atom. The molecule has 0 atom stereocenters. The molecule has 0 spiro atoms. The third-order valence-corrected chi connectivity index (χ3v) is 4.72. The van der Waals surface area contributed by atoms with Crippen LogP contribution in [0.2, 0.25) is 0 Å². The number of amides is 1. The fourth-order valence-corrected chi connectivity index (χ4v) is 3.57. The number of aromatic nitrogens is 3. The molecular weight excluding hydrogens is 324 g/mol. The third kappa shape index (κ3) is 3.25. The van der Waals surface area contributed by atoms with Crippen molar-refractivity contribution >= 4 is 11.6 Å². The van der Waals surface area contributed by atoms with Crippen LogP contribution in [0.4, 0.5) is 5.69 Å². The van der Waals surface area contributed by atoms with Gasteiger partial charge in [-0.25, -0.2) is 0 Å². The maximum Gasteiger partial charge on any atom is 0.255 e. The van der Waals surface area contributed by atoms with Crippen molar-refractivity contribution in [1.82, 2.24) is 14.8 Å². The monoisotopic (exact) mass is 346 g/mol. The molecule has 0 aliphatic carbocycles. The van der Waals surface area contributed by atoms with E-state index < -0.39 is 0 Å². The lowest BCUT2D eigenvalue weighted by molar-refractivity contribution is 0.102. The van der Waals surface area contributed by atoms with Crippen LogP contribution in [0, 0.1) is 13.8 Å². The molecule has 1 aliphatic rings. The summed E-state index contributed by atoms with van der Waals surface area (Å²) in [5.74, 6) is 1.83. The maximum absolute atomic E-state index is 12.6. The molecule has 0 saturated heterocycles. The summed E-state index contributed by atoms with van der Waals surface area (Å²) >= 11 is 0. The van der Waals surface area contributed by atoms with Crippen LogP contribution < -0.4 is 5.32 Å². The smallest absolute Gasteiger partial charge is 0.255 e. The number of nitrogens with zero attached hydrogens (tertiary/aromatic N) is 3. The lowest BCUT2D eigenvalue weighted by Gasteiger charge is -2.15. The Labute approximate surface area is 153 Å². The number of carbonyl (C=O) groups is 1. The van der Waals surface area contributed by atoms with E-state index in [9.17, 15) is 4.79 Å². The summed E-state index contributed by atoms with van der Waals surface area (Å²) in [4.78, 5) is 12.6. The van der Waals surface area contributed by atoms with Gasteiger partial charge in [0, 0.05) is 29.8 Å². The minimum absolute atomic E-state index is 0.0998. The number of rotatable bonds is 3. The molecule has 26 heavy (non-hydrogen) atoms. The van der Waals surface area contributed by atoms with Gasteiger partial charge in [-0.3, -0.25) is 4.79 Å². The molecule has 2 heterocycles. The lowest BCUT2D eigenvalue weighted by Crippen LogP contribution is -2.13. The van der Waals surface area contributed by atoms with Gasteiger partial charge in [0.05, 0.1) is 0 Å². The summed E-state index contributed by atoms with van der Waals surface area (Å²) in [6.07, 6.45) is 3.31. The van der Waals surface area contributed by atoms with Crippen molar-refractivity contribution < 1.29 is 4.79 Å². The van der Waals surface area contributed by atoms with Crippen LogP contribution in [0.5, 0.6) is 0 Å². The number of fused-ring (bicyclic) bond motifs is 1. The van der Waals surface area contributed by atoms with Gasteiger partial charge in [0.2, 0.25) is 0 Å². The molecule has 1 aliphatic heterocycles. The first-order chi connectivity index (χ1) is 12.6. The van der Waals surface area contributed by atoms with E-state index in [1.165, 1.54) is 6.42 Å². The highest BCUT2D eigenvalue weighted by atomic mass is 16.1. The minimum Gasteiger partial charge on any atom is -0.322 e. The highest BCUT2D eigenvalue weighted by molar-refractivity contribution is 6.04. The van der Waals surface area contributed by atoms with Gasteiger partial charge in [-0.05, 0) is 51.0 Å². The standard InChI is InChI=1S/C21H22N4O/c1-14-10-15(2)12-17(11-14)21(26)22-18-7-5-6-16(13-18)20-24-23-19-8-3-4-9-25(19)20/h5-7,10-13H,3-4,8-9H2,1-2H3,(H,22,26). The van der Waals surface area contributed by atoms with Crippen molar-refractivity contribution in [3.05, 3.63) is 65.0 Å². The Morgan fingerprint density at radius 2 is 1.85 bits per heavy atom. The molecule has 0 saturated carbocycles. The van der Waals surface area contributed by atoms with Crippen LogP contribution in [0.3, 0.4) is 0 Å². The lowest BCUT2D eigenvalue weighted by atomic mass is 10.1. The molecule has 5 nitrogen and oxygen atoms in total. The van der Waals surface area contributed by atoms with Gasteiger partial charge in [-0.15, -0.1) is 10.2 Å². The van der Waals surface area contributed by atoms with Crippen molar-refractivity contribution in [2.45, 2.75) is 39.7 Å². The molecule has 4 rings (SSSR count). The van der Waals surface area contributed by atoms with Crippen molar-refractivity contribution in [2.75, 3.05) is 5.32 Å². The first-order valence-corrected chi connectivity index (χ1v) is 9.02. The Bertz CT molecular complexity index is 954. The van der Waals surface area contributed by atoms with Gasteiger partial charge in [-0.1, -0.05) is 29.3 Å². The molecule has 1 aromatic heterocycles. The van der Waals surface area contributed by atoms with Crippen molar-refractivity contribution in [2.24, 2.45) is 0 Å². The number of aryl methyl sites for hydroxylation is 3. The zero-order valence-corrected chi connectivity index (χ0v) is 15.1. The van der Waals surface area contributed by atoms with E-state index in [2.05, 4.69) is 26.1 Å². The fourth-order valence-electron chi connectivity index (χ4n) is 3.57. The van der Waals surface area contributed by atoms with Gasteiger partial charge in [0.1, 0.15) is 5.82 Å². The van der Waals surface area contributed by atoms with E-state index in [4.69, 9.17) is 0 Å². The average Bonchev–Trinajstić information content (AvgIpc) is 3.05. The zero-order valence-electron chi connectivity index (χ0n) is 15.1. The van der Waals surface area contributed by atoms with E-state index in [1.54, 1.807) is 0 Å². The third-order valence-electron chi connectivity index (χ3n) is 4.72. The van der Waals surface area contributed by atoms with Gasteiger partial charge >= 0.3 is 0 Å². The van der Waals surface area contributed by atoms with E-state index >= 15 is 0 Å². The normalized spacial score (nSPS) is 13.3. The summed E-state index contributed by atoms with van der Waals surface area (Å²) in [5.41, 5.74) is 4.58.